The van der Waals surface area contributed by atoms with Gasteiger partial charge in [-0.2, -0.15) is 13.2 Å². The van der Waals surface area contributed by atoms with Crippen molar-refractivity contribution in [2.75, 3.05) is 10.6 Å². The molecule has 3 aromatic carbocycles. The number of amides is 2. The topological polar surface area (TPSA) is 89.3 Å². The summed E-state index contributed by atoms with van der Waals surface area (Å²) in [5.41, 5.74) is -0.0199. The van der Waals surface area contributed by atoms with Crippen LogP contribution >= 0.6 is 46.4 Å². The SMILES string of the molecule is O=C(Nc1ccc(Oc2c(Cl)cc(C(F)(F)F)c(Cl)c2Cl)cc1Cl)Nc1nonc1-c1ccccc1. The summed E-state index contributed by atoms with van der Waals surface area (Å²) in [6.45, 7) is 0. The normalized spacial score (nSPS) is 11.3. The Morgan fingerprint density at radius 1 is 0.889 bits per heavy atom. The molecule has 0 saturated carbocycles. The summed E-state index contributed by atoms with van der Waals surface area (Å²) in [4.78, 5) is 12.5. The van der Waals surface area contributed by atoms with Gasteiger partial charge in [-0.3, -0.25) is 5.32 Å². The van der Waals surface area contributed by atoms with Gasteiger partial charge in [0, 0.05) is 11.6 Å². The van der Waals surface area contributed by atoms with Gasteiger partial charge >= 0.3 is 12.2 Å². The molecule has 1 heterocycles. The summed E-state index contributed by atoms with van der Waals surface area (Å²) in [6, 6.07) is 12.9. The average molecular weight is 578 g/mol. The quantitative estimate of drug-likeness (QED) is 0.231. The van der Waals surface area contributed by atoms with Crippen molar-refractivity contribution >= 4 is 63.9 Å². The van der Waals surface area contributed by atoms with Gasteiger partial charge in [0.1, 0.15) is 10.8 Å². The number of carbonyl (C=O) groups excluding carboxylic acids is 1. The summed E-state index contributed by atoms with van der Waals surface area (Å²) in [7, 11) is 0. The number of rotatable bonds is 5. The number of hydrogen-bond acceptors (Lipinski definition) is 5. The van der Waals surface area contributed by atoms with Gasteiger partial charge in [0.2, 0.25) is 5.82 Å². The third-order valence-corrected chi connectivity index (χ3v) is 6.04. The highest BCUT2D eigenvalue weighted by atomic mass is 35.5. The number of nitrogens with zero attached hydrogens (tertiary/aromatic N) is 2. The molecule has 7 nitrogen and oxygen atoms in total. The molecule has 0 unspecified atom stereocenters. The standard InChI is InChI=1S/C22H11Cl4F3N4O3/c23-13-8-11(35-19-14(24)9-12(22(27,28)29)16(25)17(19)26)6-7-15(13)30-21(34)31-20-18(32-36-33-20)10-4-2-1-3-5-10/h1-9H,(H2,30,31,33,34). The highest BCUT2D eigenvalue weighted by Gasteiger charge is 2.36. The number of ether oxygens (including phenoxy) is 1. The van der Waals surface area contributed by atoms with Gasteiger partial charge in [-0.25, -0.2) is 9.42 Å². The van der Waals surface area contributed by atoms with Crippen molar-refractivity contribution in [3.8, 4) is 22.8 Å². The Morgan fingerprint density at radius 2 is 1.61 bits per heavy atom. The van der Waals surface area contributed by atoms with Crippen LogP contribution in [0, 0.1) is 0 Å². The first kappa shape index (κ1) is 25.9. The smallest absolute Gasteiger partial charge is 0.417 e. The second kappa shape index (κ2) is 10.4. The van der Waals surface area contributed by atoms with Crippen LogP contribution in [0.2, 0.25) is 20.1 Å². The van der Waals surface area contributed by atoms with Crippen LogP contribution in [0.1, 0.15) is 5.56 Å². The van der Waals surface area contributed by atoms with E-state index in [2.05, 4.69) is 20.9 Å². The van der Waals surface area contributed by atoms with Crippen molar-refractivity contribution in [1.82, 2.24) is 10.3 Å². The molecule has 0 fully saturated rings. The van der Waals surface area contributed by atoms with Crippen molar-refractivity contribution in [3.05, 3.63) is 80.3 Å². The largest absolute Gasteiger partial charge is 0.454 e. The Labute approximate surface area is 221 Å². The number of aromatic nitrogens is 2. The van der Waals surface area contributed by atoms with Crippen LogP contribution in [0.15, 0.2) is 59.2 Å². The number of benzene rings is 3. The lowest BCUT2D eigenvalue weighted by Crippen LogP contribution is -2.20. The molecule has 0 saturated heterocycles. The minimum absolute atomic E-state index is 0.0365. The first-order valence-electron chi connectivity index (χ1n) is 9.72. The van der Waals surface area contributed by atoms with Crippen LogP contribution < -0.4 is 15.4 Å². The number of hydrogen-bond donors (Lipinski definition) is 2. The molecule has 0 atom stereocenters. The summed E-state index contributed by atoms with van der Waals surface area (Å²) in [6.07, 6.45) is -4.76. The molecule has 0 aliphatic heterocycles. The maximum atomic E-state index is 13.1. The van der Waals surface area contributed by atoms with Crippen molar-refractivity contribution in [2.24, 2.45) is 0 Å². The molecule has 4 aromatic rings. The van der Waals surface area contributed by atoms with E-state index in [4.69, 9.17) is 55.8 Å². The van der Waals surface area contributed by atoms with Crippen LogP contribution in [0.3, 0.4) is 0 Å². The van der Waals surface area contributed by atoms with Crippen LogP contribution in [-0.4, -0.2) is 16.3 Å². The molecule has 0 bridgehead atoms. The lowest BCUT2D eigenvalue weighted by molar-refractivity contribution is -0.137. The van der Waals surface area contributed by atoms with Gasteiger partial charge in [0.05, 0.1) is 26.3 Å². The van der Waals surface area contributed by atoms with E-state index >= 15 is 0 Å². The molecule has 186 valence electrons. The molecule has 0 radical (unpaired) electrons. The number of halogens is 7. The Bertz CT molecular complexity index is 1430. The maximum absolute atomic E-state index is 13.1. The fraction of sp³-hybridized carbons (Fsp3) is 0.0455. The molecular formula is C22H11Cl4F3N4O3. The van der Waals surface area contributed by atoms with Crippen LogP contribution in [0.4, 0.5) is 29.5 Å². The predicted molar refractivity (Wildman–Crippen MR) is 130 cm³/mol. The highest BCUT2D eigenvalue weighted by Crippen LogP contribution is 2.47. The molecule has 0 spiro atoms. The molecule has 0 aliphatic carbocycles. The Balaban J connectivity index is 1.49. The van der Waals surface area contributed by atoms with E-state index in [0.717, 1.165) is 0 Å². The van der Waals surface area contributed by atoms with Crippen LogP contribution in [-0.2, 0) is 6.18 Å². The van der Waals surface area contributed by atoms with E-state index in [9.17, 15) is 18.0 Å². The van der Waals surface area contributed by atoms with E-state index in [1.807, 2.05) is 6.07 Å². The van der Waals surface area contributed by atoms with Crippen molar-refractivity contribution < 1.29 is 27.3 Å². The number of carbonyl (C=O) groups is 1. The molecule has 36 heavy (non-hydrogen) atoms. The van der Waals surface area contributed by atoms with Gasteiger partial charge in [-0.15, -0.1) is 0 Å². The molecule has 0 aliphatic rings. The predicted octanol–water partition coefficient (Wildman–Crippen LogP) is 8.81. The number of alkyl halides is 3. The maximum Gasteiger partial charge on any atom is 0.417 e. The van der Waals surface area contributed by atoms with Gasteiger partial charge in [-0.1, -0.05) is 76.7 Å². The zero-order valence-corrected chi connectivity index (χ0v) is 20.5. The van der Waals surface area contributed by atoms with Crippen LogP contribution in [0.5, 0.6) is 11.5 Å². The second-order valence-corrected chi connectivity index (χ2v) is 8.58. The van der Waals surface area contributed by atoms with Gasteiger partial charge in [-0.05, 0) is 28.5 Å². The summed E-state index contributed by atoms with van der Waals surface area (Å²) < 4.78 is 49.5. The average Bonchev–Trinajstić information content (AvgIpc) is 3.28. The zero-order chi connectivity index (χ0) is 26.0. The van der Waals surface area contributed by atoms with E-state index in [-0.39, 0.29) is 28.0 Å². The van der Waals surface area contributed by atoms with Gasteiger partial charge < -0.3 is 10.1 Å². The van der Waals surface area contributed by atoms with Crippen LogP contribution in [0.25, 0.3) is 11.3 Å². The monoisotopic (exact) mass is 576 g/mol. The number of anilines is 2. The summed E-state index contributed by atoms with van der Waals surface area (Å²) in [5, 5.41) is 10.9. The minimum atomic E-state index is -4.76. The van der Waals surface area contributed by atoms with Crippen molar-refractivity contribution in [3.63, 3.8) is 0 Å². The molecule has 14 heteroatoms. The number of urea groups is 1. The van der Waals surface area contributed by atoms with Gasteiger partial charge in [0.15, 0.2) is 11.4 Å². The van der Waals surface area contributed by atoms with E-state index in [1.54, 1.807) is 24.3 Å². The first-order valence-corrected chi connectivity index (χ1v) is 11.2. The first-order chi connectivity index (χ1) is 17.0. The molecule has 2 N–H and O–H groups in total. The fourth-order valence-electron chi connectivity index (χ4n) is 2.97. The Morgan fingerprint density at radius 3 is 2.28 bits per heavy atom. The third kappa shape index (κ3) is 5.62. The Hall–Kier alpha value is -3.18. The number of nitrogens with one attached hydrogen (secondary N) is 2. The third-order valence-electron chi connectivity index (χ3n) is 4.60. The summed E-state index contributed by atoms with van der Waals surface area (Å²) >= 11 is 23.9. The van der Waals surface area contributed by atoms with Crippen molar-refractivity contribution in [1.29, 1.82) is 0 Å². The zero-order valence-electron chi connectivity index (χ0n) is 17.5. The second-order valence-electron chi connectivity index (χ2n) is 7.01. The molecular weight excluding hydrogens is 567 g/mol. The van der Waals surface area contributed by atoms with E-state index in [1.165, 1.54) is 18.2 Å². The fourth-order valence-corrected chi connectivity index (χ4v) is 3.97. The lowest BCUT2D eigenvalue weighted by Gasteiger charge is -2.16. The van der Waals surface area contributed by atoms with E-state index < -0.39 is 32.8 Å². The Kier molecular flexibility index (Phi) is 7.51. The molecule has 1 aromatic heterocycles. The van der Waals surface area contributed by atoms with E-state index in [0.29, 0.717) is 17.3 Å². The molecule has 2 amide bonds. The van der Waals surface area contributed by atoms with Gasteiger partial charge in [0.25, 0.3) is 0 Å². The van der Waals surface area contributed by atoms with Crippen molar-refractivity contribution in [2.45, 2.75) is 6.18 Å². The molecule has 4 rings (SSSR count). The highest BCUT2D eigenvalue weighted by molar-refractivity contribution is 6.45. The minimum Gasteiger partial charge on any atom is -0.454 e. The summed E-state index contributed by atoms with van der Waals surface area (Å²) in [5.74, 6) is -0.145. The lowest BCUT2D eigenvalue weighted by atomic mass is 10.1.